The molecule has 1 aliphatic carbocycles. The van der Waals surface area contributed by atoms with Crippen molar-refractivity contribution in [3.05, 3.63) is 46.7 Å². The molecule has 0 saturated heterocycles. The normalized spacial score (nSPS) is 13.3. The Bertz CT molecular complexity index is 658. The second kappa shape index (κ2) is 5.12. The smallest absolute Gasteiger partial charge is 0.293 e. The summed E-state index contributed by atoms with van der Waals surface area (Å²) in [6.07, 6.45) is 4.13. The summed E-state index contributed by atoms with van der Waals surface area (Å²) in [5.41, 5.74) is 4.20. The van der Waals surface area contributed by atoms with Crippen molar-refractivity contribution < 1.29 is 9.21 Å². The fourth-order valence-corrected chi connectivity index (χ4v) is 2.65. The number of carbonyl (C=O) groups is 1. The average molecular weight is 270 g/mol. The molecule has 0 fully saturated rings. The number of hydrogen-bond acceptors (Lipinski definition) is 3. The molecule has 104 valence electrons. The van der Waals surface area contributed by atoms with E-state index in [-0.39, 0.29) is 5.91 Å². The van der Waals surface area contributed by atoms with Crippen LogP contribution in [0.25, 0.3) is 0 Å². The molecule has 0 bridgehead atoms. The molecule has 0 spiro atoms. The van der Waals surface area contributed by atoms with Crippen molar-refractivity contribution in [3.8, 4) is 0 Å². The number of aryl methyl sites for hydroxylation is 4. The van der Waals surface area contributed by atoms with Gasteiger partial charge in [-0.15, -0.1) is 0 Å². The monoisotopic (exact) mass is 270 g/mol. The molecule has 1 amide bonds. The third kappa shape index (κ3) is 2.33. The lowest BCUT2D eigenvalue weighted by atomic mass is 10.1. The van der Waals surface area contributed by atoms with Crippen molar-refractivity contribution >= 4 is 11.6 Å². The summed E-state index contributed by atoms with van der Waals surface area (Å²) in [5.74, 6) is 0.677. The maximum absolute atomic E-state index is 12.2. The van der Waals surface area contributed by atoms with E-state index in [0.29, 0.717) is 23.8 Å². The maximum atomic E-state index is 12.2. The first-order valence-corrected chi connectivity index (χ1v) is 7.07. The van der Waals surface area contributed by atoms with E-state index in [0.717, 1.165) is 18.5 Å². The molecule has 4 nitrogen and oxygen atoms in total. The lowest BCUT2D eigenvalue weighted by molar-refractivity contribution is 0.0994. The largest absolute Gasteiger partial charge is 0.435 e. The Morgan fingerprint density at radius 3 is 2.90 bits per heavy atom. The second-order valence-electron chi connectivity index (χ2n) is 5.17. The molecule has 0 radical (unpaired) electrons. The van der Waals surface area contributed by atoms with Crippen LogP contribution in [0, 0.1) is 6.92 Å². The number of benzene rings is 1. The minimum absolute atomic E-state index is 0.229. The van der Waals surface area contributed by atoms with Gasteiger partial charge in [0.25, 0.3) is 5.91 Å². The first-order chi connectivity index (χ1) is 9.67. The van der Waals surface area contributed by atoms with Crippen LogP contribution in [0.4, 0.5) is 5.69 Å². The molecule has 3 rings (SSSR count). The van der Waals surface area contributed by atoms with Gasteiger partial charge < -0.3 is 9.73 Å². The molecule has 4 heteroatoms. The summed E-state index contributed by atoms with van der Waals surface area (Å²) in [4.78, 5) is 16.4. The molecule has 0 saturated carbocycles. The van der Waals surface area contributed by atoms with Crippen molar-refractivity contribution in [2.75, 3.05) is 5.32 Å². The van der Waals surface area contributed by atoms with Crippen molar-refractivity contribution in [2.45, 2.75) is 39.5 Å². The van der Waals surface area contributed by atoms with E-state index in [9.17, 15) is 4.79 Å². The van der Waals surface area contributed by atoms with Crippen LogP contribution in [0.5, 0.6) is 0 Å². The summed E-state index contributed by atoms with van der Waals surface area (Å²) in [6, 6.07) is 6.11. The van der Waals surface area contributed by atoms with E-state index in [2.05, 4.69) is 22.4 Å². The molecule has 1 aliphatic rings. The van der Waals surface area contributed by atoms with Crippen molar-refractivity contribution in [1.29, 1.82) is 0 Å². The summed E-state index contributed by atoms with van der Waals surface area (Å²) in [5, 5.41) is 2.89. The van der Waals surface area contributed by atoms with Crippen LogP contribution < -0.4 is 5.32 Å². The van der Waals surface area contributed by atoms with E-state index >= 15 is 0 Å². The van der Waals surface area contributed by atoms with Gasteiger partial charge in [0.15, 0.2) is 5.89 Å². The fourth-order valence-electron chi connectivity index (χ4n) is 2.65. The van der Waals surface area contributed by atoms with Gasteiger partial charge in [0.05, 0.1) is 5.69 Å². The van der Waals surface area contributed by atoms with Crippen LogP contribution in [0.3, 0.4) is 0 Å². The first-order valence-electron chi connectivity index (χ1n) is 7.07. The lowest BCUT2D eigenvalue weighted by Gasteiger charge is -2.06. The second-order valence-corrected chi connectivity index (χ2v) is 5.17. The van der Waals surface area contributed by atoms with Crippen molar-refractivity contribution in [1.82, 2.24) is 4.98 Å². The Hall–Kier alpha value is -2.10. The maximum Gasteiger partial charge on any atom is 0.293 e. The fraction of sp³-hybridized carbons (Fsp3) is 0.375. The van der Waals surface area contributed by atoms with Gasteiger partial charge >= 0.3 is 0 Å². The number of oxazole rings is 1. The Morgan fingerprint density at radius 2 is 2.15 bits per heavy atom. The molecular weight excluding hydrogens is 252 g/mol. The van der Waals surface area contributed by atoms with Crippen molar-refractivity contribution in [2.24, 2.45) is 0 Å². The number of aromatic nitrogens is 1. The van der Waals surface area contributed by atoms with Crippen LogP contribution in [0.15, 0.2) is 22.6 Å². The van der Waals surface area contributed by atoms with E-state index < -0.39 is 0 Å². The zero-order valence-electron chi connectivity index (χ0n) is 11.8. The number of hydrogen-bond donors (Lipinski definition) is 1. The van der Waals surface area contributed by atoms with Gasteiger partial charge in [-0.2, -0.15) is 0 Å². The predicted octanol–water partition coefficient (Wildman–Crippen LogP) is 3.29. The number of amides is 1. The minimum atomic E-state index is -0.229. The number of nitrogens with one attached hydrogen (secondary N) is 1. The van der Waals surface area contributed by atoms with E-state index in [1.807, 2.05) is 13.0 Å². The quantitative estimate of drug-likeness (QED) is 0.931. The standard InChI is InChI=1S/C16H18N2O2/c1-3-14-17-10(2)15(20-14)16(19)18-13-8-7-11-5-4-6-12(11)9-13/h7-9H,3-6H2,1-2H3,(H,18,19). The Kier molecular flexibility index (Phi) is 3.30. The number of rotatable bonds is 3. The zero-order chi connectivity index (χ0) is 14.1. The number of nitrogens with zero attached hydrogens (tertiary/aromatic N) is 1. The van der Waals surface area contributed by atoms with E-state index in [4.69, 9.17) is 4.42 Å². The number of carbonyl (C=O) groups excluding carboxylic acids is 1. The molecule has 1 heterocycles. The number of fused-ring (bicyclic) bond motifs is 1. The van der Waals surface area contributed by atoms with Gasteiger partial charge in [-0.05, 0) is 49.4 Å². The Labute approximate surface area is 118 Å². The van der Waals surface area contributed by atoms with Gasteiger partial charge in [-0.25, -0.2) is 4.98 Å². The molecule has 1 aromatic heterocycles. The number of anilines is 1. The highest BCUT2D eigenvalue weighted by Crippen LogP contribution is 2.25. The van der Waals surface area contributed by atoms with Crippen LogP contribution in [-0.2, 0) is 19.3 Å². The summed E-state index contributed by atoms with van der Waals surface area (Å²) in [7, 11) is 0. The topological polar surface area (TPSA) is 55.1 Å². The highest BCUT2D eigenvalue weighted by Gasteiger charge is 2.18. The minimum Gasteiger partial charge on any atom is -0.435 e. The summed E-state index contributed by atoms with van der Waals surface area (Å²) >= 11 is 0. The predicted molar refractivity (Wildman–Crippen MR) is 77.0 cm³/mol. The molecule has 0 unspecified atom stereocenters. The van der Waals surface area contributed by atoms with Gasteiger partial charge in [0, 0.05) is 12.1 Å². The van der Waals surface area contributed by atoms with Gasteiger partial charge in [-0.3, -0.25) is 4.79 Å². The molecule has 20 heavy (non-hydrogen) atoms. The van der Waals surface area contributed by atoms with Crippen LogP contribution in [0.1, 0.15) is 46.6 Å². The van der Waals surface area contributed by atoms with Crippen LogP contribution >= 0.6 is 0 Å². The molecule has 0 aliphatic heterocycles. The van der Waals surface area contributed by atoms with Gasteiger partial charge in [-0.1, -0.05) is 13.0 Å². The lowest BCUT2D eigenvalue weighted by Crippen LogP contribution is -2.12. The summed E-state index contributed by atoms with van der Waals surface area (Å²) < 4.78 is 5.47. The zero-order valence-corrected chi connectivity index (χ0v) is 11.8. The molecule has 2 aromatic rings. The highest BCUT2D eigenvalue weighted by atomic mass is 16.4. The van der Waals surface area contributed by atoms with Crippen LogP contribution in [0.2, 0.25) is 0 Å². The third-order valence-corrected chi connectivity index (χ3v) is 3.71. The molecule has 1 N–H and O–H groups in total. The SMILES string of the molecule is CCc1nc(C)c(C(=O)Nc2ccc3c(c2)CCC3)o1. The van der Waals surface area contributed by atoms with Gasteiger partial charge in [0.1, 0.15) is 0 Å². The molecule has 1 aromatic carbocycles. The third-order valence-electron chi connectivity index (χ3n) is 3.71. The highest BCUT2D eigenvalue weighted by molar-refractivity contribution is 6.03. The summed E-state index contributed by atoms with van der Waals surface area (Å²) in [6.45, 7) is 3.74. The first kappa shape index (κ1) is 12.9. The van der Waals surface area contributed by atoms with Crippen molar-refractivity contribution in [3.63, 3.8) is 0 Å². The Balaban J connectivity index is 1.80. The Morgan fingerprint density at radius 1 is 1.35 bits per heavy atom. The molecular formula is C16H18N2O2. The van der Waals surface area contributed by atoms with Gasteiger partial charge in [0.2, 0.25) is 5.76 Å². The average Bonchev–Trinajstić information content (AvgIpc) is 3.04. The van der Waals surface area contributed by atoms with E-state index in [1.54, 1.807) is 6.92 Å². The molecule has 0 atom stereocenters. The van der Waals surface area contributed by atoms with E-state index in [1.165, 1.54) is 17.5 Å². The van der Waals surface area contributed by atoms with Crippen LogP contribution in [-0.4, -0.2) is 10.9 Å².